The molecule has 0 aliphatic heterocycles. The van der Waals surface area contributed by atoms with Crippen LogP contribution in [0.2, 0.25) is 0 Å². The monoisotopic (exact) mass is 240 g/mol. The van der Waals surface area contributed by atoms with Gasteiger partial charge >= 0.3 is 7.68 Å². The summed E-state index contributed by atoms with van der Waals surface area (Å²) in [6, 6.07) is 0. The minimum atomic E-state index is -2.28. The summed E-state index contributed by atoms with van der Waals surface area (Å²) in [6.07, 6.45) is 0.123. The van der Waals surface area contributed by atoms with E-state index < -0.39 is 13.8 Å². The first-order valence-corrected chi connectivity index (χ1v) is 6.15. The van der Waals surface area contributed by atoms with E-state index in [0.29, 0.717) is 10.9 Å². The first kappa shape index (κ1) is 17.2. The molecule has 0 spiro atoms. The van der Waals surface area contributed by atoms with E-state index in [1.165, 1.54) is 6.92 Å². The Hall–Kier alpha value is -0.220. The number of hydrogen-bond acceptors (Lipinski definition) is 4. The summed E-state index contributed by atoms with van der Waals surface area (Å²) in [5, 5.41) is 16.0. The quantitative estimate of drug-likeness (QED) is 0.567. The standard InChI is InChI=1S/C6H15NO2P.C3H8O2/c1-5-6(10(8)9)7(2,3)4;1-3(5)2-4/h6H,5H2,1-4H3;3-5H,2H2,1H3/q+1;. The van der Waals surface area contributed by atoms with Gasteiger partial charge < -0.3 is 14.7 Å². The van der Waals surface area contributed by atoms with Crippen molar-refractivity contribution in [2.24, 2.45) is 0 Å². The first-order valence-electron chi connectivity index (χ1n) is 4.90. The lowest BCUT2D eigenvalue weighted by atomic mass is 10.4. The van der Waals surface area contributed by atoms with Gasteiger partial charge in [-0.05, 0) is 6.92 Å². The van der Waals surface area contributed by atoms with E-state index in [9.17, 15) is 9.13 Å². The molecule has 0 aromatic carbocycles. The lowest BCUT2D eigenvalue weighted by molar-refractivity contribution is -0.882. The SMILES string of the molecule is CC(O)CO.CCC(P(=O)=O)[N+](C)(C)C. The van der Waals surface area contributed by atoms with Crippen molar-refractivity contribution in [3.8, 4) is 0 Å². The Labute approximate surface area is 92.1 Å². The van der Waals surface area contributed by atoms with Gasteiger partial charge in [-0.3, -0.25) is 0 Å². The van der Waals surface area contributed by atoms with E-state index in [-0.39, 0.29) is 12.4 Å². The van der Waals surface area contributed by atoms with Gasteiger partial charge in [0.2, 0.25) is 0 Å². The molecule has 2 N–H and O–H groups in total. The van der Waals surface area contributed by atoms with Crippen LogP contribution in [0.1, 0.15) is 20.3 Å². The van der Waals surface area contributed by atoms with Crippen LogP contribution in [0.3, 0.4) is 0 Å². The second kappa shape index (κ2) is 7.99. The van der Waals surface area contributed by atoms with Crippen LogP contribution in [0.25, 0.3) is 0 Å². The van der Waals surface area contributed by atoms with Gasteiger partial charge in [0.25, 0.3) is 0 Å². The van der Waals surface area contributed by atoms with Crippen LogP contribution in [-0.4, -0.2) is 54.3 Å². The predicted molar refractivity (Wildman–Crippen MR) is 59.2 cm³/mol. The highest BCUT2D eigenvalue weighted by molar-refractivity contribution is 7.31. The summed E-state index contributed by atoms with van der Waals surface area (Å²) >= 11 is 0. The second-order valence-electron chi connectivity index (χ2n) is 4.32. The third-order valence-electron chi connectivity index (χ3n) is 1.77. The third kappa shape index (κ3) is 10.1. The topological polar surface area (TPSA) is 74.6 Å². The molecule has 0 heterocycles. The maximum absolute atomic E-state index is 10.6. The van der Waals surface area contributed by atoms with Gasteiger partial charge in [0.1, 0.15) is 0 Å². The Kier molecular flexibility index (Phi) is 9.16. The lowest BCUT2D eigenvalue weighted by Crippen LogP contribution is -2.41. The summed E-state index contributed by atoms with van der Waals surface area (Å²) in [7, 11) is 3.38. The molecule has 0 amide bonds. The van der Waals surface area contributed by atoms with Crippen molar-refractivity contribution >= 4 is 7.68 Å². The molecule has 6 heteroatoms. The fourth-order valence-electron chi connectivity index (χ4n) is 0.980. The van der Waals surface area contributed by atoms with E-state index in [1.807, 2.05) is 28.1 Å². The van der Waals surface area contributed by atoms with Crippen LogP contribution in [0.15, 0.2) is 0 Å². The van der Waals surface area contributed by atoms with Crippen LogP contribution < -0.4 is 0 Å². The zero-order chi connectivity index (χ0) is 12.6. The highest BCUT2D eigenvalue weighted by atomic mass is 31.1. The van der Waals surface area contributed by atoms with Crippen LogP contribution in [0.5, 0.6) is 0 Å². The molecule has 0 rings (SSSR count). The number of nitrogens with zero attached hydrogens (tertiary/aromatic N) is 1. The van der Waals surface area contributed by atoms with Gasteiger partial charge in [0.15, 0.2) is 5.78 Å². The summed E-state index contributed by atoms with van der Waals surface area (Å²) < 4.78 is 21.7. The maximum atomic E-state index is 10.6. The molecule has 0 aliphatic rings. The smallest absolute Gasteiger partial charge is 0.375 e. The van der Waals surface area contributed by atoms with E-state index >= 15 is 0 Å². The Morgan fingerprint density at radius 2 is 1.60 bits per heavy atom. The van der Waals surface area contributed by atoms with Crippen molar-refractivity contribution in [3.63, 3.8) is 0 Å². The minimum absolute atomic E-state index is 0.139. The number of hydrogen-bond donors (Lipinski definition) is 2. The van der Waals surface area contributed by atoms with Crippen molar-refractivity contribution in [1.82, 2.24) is 0 Å². The molecule has 2 unspecified atom stereocenters. The maximum Gasteiger partial charge on any atom is 0.375 e. The molecule has 0 aromatic heterocycles. The zero-order valence-electron chi connectivity index (χ0n) is 10.2. The van der Waals surface area contributed by atoms with Crippen LogP contribution >= 0.6 is 7.68 Å². The Bertz CT molecular complexity index is 213. The predicted octanol–water partition coefficient (Wildman–Crippen LogP) is 0.961. The first-order chi connectivity index (χ1) is 6.66. The number of aliphatic hydroxyl groups is 2. The zero-order valence-corrected chi connectivity index (χ0v) is 11.1. The Balaban J connectivity index is 0. The molecule has 2 atom stereocenters. The van der Waals surface area contributed by atoms with Crippen molar-refractivity contribution in [3.05, 3.63) is 0 Å². The fourth-order valence-corrected chi connectivity index (χ4v) is 1.84. The van der Waals surface area contributed by atoms with Gasteiger partial charge in [-0.25, -0.2) is 9.13 Å². The van der Waals surface area contributed by atoms with Gasteiger partial charge in [0, 0.05) is 6.42 Å². The molecule has 0 saturated heterocycles. The fraction of sp³-hybridized carbons (Fsp3) is 1.00. The highest BCUT2D eigenvalue weighted by Crippen LogP contribution is 2.23. The Morgan fingerprint density at radius 1 is 1.27 bits per heavy atom. The van der Waals surface area contributed by atoms with Crippen molar-refractivity contribution in [2.75, 3.05) is 27.7 Å². The third-order valence-corrected chi connectivity index (χ3v) is 3.31. The van der Waals surface area contributed by atoms with Crippen molar-refractivity contribution in [1.29, 1.82) is 0 Å². The van der Waals surface area contributed by atoms with Crippen molar-refractivity contribution < 1.29 is 23.8 Å². The second-order valence-corrected chi connectivity index (χ2v) is 5.49. The molecule has 0 radical (unpaired) electrons. The molecule has 15 heavy (non-hydrogen) atoms. The largest absolute Gasteiger partial charge is 0.394 e. The molecule has 0 aromatic rings. The summed E-state index contributed by atoms with van der Waals surface area (Å²) in [5.74, 6) is -0.241. The van der Waals surface area contributed by atoms with Gasteiger partial charge in [-0.15, -0.1) is 0 Å². The van der Waals surface area contributed by atoms with Crippen LogP contribution in [0, 0.1) is 0 Å². The molecule has 0 bridgehead atoms. The molecule has 92 valence electrons. The van der Waals surface area contributed by atoms with Gasteiger partial charge in [-0.1, -0.05) is 6.92 Å². The van der Waals surface area contributed by atoms with E-state index in [1.54, 1.807) is 0 Å². The highest BCUT2D eigenvalue weighted by Gasteiger charge is 2.26. The molecule has 0 saturated carbocycles. The van der Waals surface area contributed by atoms with Gasteiger partial charge in [-0.2, -0.15) is 0 Å². The molecule has 5 nitrogen and oxygen atoms in total. The van der Waals surface area contributed by atoms with E-state index in [0.717, 1.165) is 0 Å². The molecule has 0 fully saturated rings. The number of quaternary nitrogens is 1. The summed E-state index contributed by atoms with van der Waals surface area (Å²) in [5.41, 5.74) is 0. The number of aliphatic hydroxyl groups excluding tert-OH is 2. The molecular weight excluding hydrogens is 217 g/mol. The average Bonchev–Trinajstić information content (AvgIpc) is 2.02. The molecular formula is C9H23NO4P+. The normalized spacial score (nSPS) is 14.9. The minimum Gasteiger partial charge on any atom is -0.394 e. The van der Waals surface area contributed by atoms with Crippen molar-refractivity contribution in [2.45, 2.75) is 32.2 Å². The Morgan fingerprint density at radius 3 is 1.60 bits per heavy atom. The number of rotatable bonds is 4. The average molecular weight is 240 g/mol. The van der Waals surface area contributed by atoms with E-state index in [2.05, 4.69) is 0 Å². The van der Waals surface area contributed by atoms with E-state index in [4.69, 9.17) is 10.2 Å². The van der Waals surface area contributed by atoms with Gasteiger partial charge in [0.05, 0.1) is 33.9 Å². The lowest BCUT2D eigenvalue weighted by Gasteiger charge is -2.28. The van der Waals surface area contributed by atoms with Crippen LogP contribution in [-0.2, 0) is 9.13 Å². The molecule has 0 aliphatic carbocycles. The summed E-state index contributed by atoms with van der Waals surface area (Å²) in [4.78, 5) is 0. The van der Waals surface area contributed by atoms with Crippen LogP contribution in [0.4, 0.5) is 0 Å². The summed E-state index contributed by atoms with van der Waals surface area (Å²) in [6.45, 7) is 3.28.